The van der Waals surface area contributed by atoms with Gasteiger partial charge in [-0.1, -0.05) is 6.42 Å². The topological polar surface area (TPSA) is 52.6 Å². The van der Waals surface area contributed by atoms with E-state index in [9.17, 15) is 9.90 Å². The lowest BCUT2D eigenvalue weighted by molar-refractivity contribution is 0.0717. The minimum absolute atomic E-state index is 0.113. The van der Waals surface area contributed by atoms with Gasteiger partial charge in [-0.3, -0.25) is 4.79 Å². The molecule has 1 aromatic carbocycles. The molecular formula is C17H24N2O2. The van der Waals surface area contributed by atoms with Gasteiger partial charge < -0.3 is 15.3 Å². The number of carbonyl (C=O) groups excluding carboxylic acids is 1. The summed E-state index contributed by atoms with van der Waals surface area (Å²) in [5.74, 6) is 0.332. The van der Waals surface area contributed by atoms with E-state index in [4.69, 9.17) is 0 Å². The van der Waals surface area contributed by atoms with Gasteiger partial charge in [-0.25, -0.2) is 0 Å². The molecule has 1 aromatic rings. The van der Waals surface area contributed by atoms with Crippen molar-refractivity contribution in [2.75, 3.05) is 13.1 Å². The van der Waals surface area contributed by atoms with Crippen molar-refractivity contribution in [1.29, 1.82) is 0 Å². The van der Waals surface area contributed by atoms with Crippen molar-refractivity contribution in [1.82, 2.24) is 10.2 Å². The van der Waals surface area contributed by atoms with E-state index in [1.165, 1.54) is 12.8 Å². The number of phenolic OH excluding ortho intramolecular Hbond substituents is 1. The van der Waals surface area contributed by atoms with Crippen molar-refractivity contribution in [2.45, 2.75) is 51.1 Å². The largest absolute Gasteiger partial charge is 0.508 e. The molecule has 0 aromatic heterocycles. The molecule has 1 saturated heterocycles. The number of phenols is 1. The summed E-state index contributed by atoms with van der Waals surface area (Å²) >= 11 is 0. The summed E-state index contributed by atoms with van der Waals surface area (Å²) in [6.07, 6.45) is 5.89. The third kappa shape index (κ3) is 3.38. The van der Waals surface area contributed by atoms with Crippen LogP contribution in [0.4, 0.5) is 0 Å². The Labute approximate surface area is 126 Å². The Bertz CT molecular complexity index is 520. The number of hydrogen-bond acceptors (Lipinski definition) is 3. The Balaban J connectivity index is 1.75. The lowest BCUT2D eigenvalue weighted by atomic mass is 10.0. The van der Waals surface area contributed by atoms with Gasteiger partial charge in [-0.15, -0.1) is 0 Å². The van der Waals surface area contributed by atoms with Crippen molar-refractivity contribution in [3.8, 4) is 5.75 Å². The van der Waals surface area contributed by atoms with Crippen LogP contribution in [0.25, 0.3) is 0 Å². The zero-order chi connectivity index (χ0) is 14.8. The first-order chi connectivity index (χ1) is 10.1. The molecule has 0 spiro atoms. The number of hydrogen-bond donors (Lipinski definition) is 2. The Morgan fingerprint density at radius 1 is 1.33 bits per heavy atom. The van der Waals surface area contributed by atoms with Gasteiger partial charge in [0.05, 0.1) is 0 Å². The third-order valence-electron chi connectivity index (χ3n) is 4.52. The molecule has 4 heteroatoms. The van der Waals surface area contributed by atoms with Crippen LogP contribution >= 0.6 is 0 Å². The van der Waals surface area contributed by atoms with Crippen LogP contribution in [0.15, 0.2) is 18.2 Å². The number of aryl methyl sites for hydroxylation is 1. The molecule has 0 bridgehead atoms. The van der Waals surface area contributed by atoms with E-state index in [0.717, 1.165) is 43.5 Å². The highest BCUT2D eigenvalue weighted by molar-refractivity contribution is 5.96. The summed E-state index contributed by atoms with van der Waals surface area (Å²) in [7, 11) is 0. The standard InChI is InChI=1S/C17H24N2O2/c1-12-10-15(20)7-8-16(12)17(21)19(14-5-6-14)11-13-4-2-3-9-18-13/h7-8,10,13-14,18,20H,2-6,9,11H2,1H3. The Morgan fingerprint density at radius 2 is 2.14 bits per heavy atom. The van der Waals surface area contributed by atoms with Gasteiger partial charge in [-0.05, 0) is 62.9 Å². The summed E-state index contributed by atoms with van der Waals surface area (Å²) in [5.41, 5.74) is 1.57. The van der Waals surface area contributed by atoms with Crippen LogP contribution in [-0.4, -0.2) is 41.1 Å². The Hall–Kier alpha value is -1.55. The summed E-state index contributed by atoms with van der Waals surface area (Å²) in [4.78, 5) is 14.9. The van der Waals surface area contributed by atoms with E-state index in [-0.39, 0.29) is 11.7 Å². The molecule has 114 valence electrons. The van der Waals surface area contributed by atoms with Crippen molar-refractivity contribution < 1.29 is 9.90 Å². The van der Waals surface area contributed by atoms with Crippen molar-refractivity contribution in [2.24, 2.45) is 0 Å². The normalized spacial score (nSPS) is 22.0. The van der Waals surface area contributed by atoms with E-state index in [1.807, 2.05) is 11.8 Å². The smallest absolute Gasteiger partial charge is 0.254 e. The van der Waals surface area contributed by atoms with Crippen molar-refractivity contribution >= 4 is 5.91 Å². The molecule has 1 aliphatic heterocycles. The van der Waals surface area contributed by atoms with Gasteiger partial charge in [0.25, 0.3) is 5.91 Å². The molecule has 1 unspecified atom stereocenters. The minimum Gasteiger partial charge on any atom is -0.508 e. The van der Waals surface area contributed by atoms with Gasteiger partial charge in [0, 0.05) is 24.2 Å². The number of carbonyl (C=O) groups is 1. The molecular weight excluding hydrogens is 264 g/mol. The van der Waals surface area contributed by atoms with Gasteiger partial charge in [0.2, 0.25) is 0 Å². The summed E-state index contributed by atoms with van der Waals surface area (Å²) < 4.78 is 0. The molecule has 2 fully saturated rings. The van der Waals surface area contributed by atoms with Gasteiger partial charge >= 0.3 is 0 Å². The van der Waals surface area contributed by atoms with Crippen LogP contribution in [0.2, 0.25) is 0 Å². The fourth-order valence-electron chi connectivity index (χ4n) is 3.14. The highest BCUT2D eigenvalue weighted by Gasteiger charge is 2.35. The molecule has 1 saturated carbocycles. The molecule has 1 aliphatic carbocycles. The number of amides is 1. The number of rotatable bonds is 4. The molecule has 0 radical (unpaired) electrons. The monoisotopic (exact) mass is 288 g/mol. The van der Waals surface area contributed by atoms with Crippen LogP contribution < -0.4 is 5.32 Å². The third-order valence-corrected chi connectivity index (χ3v) is 4.52. The number of aromatic hydroxyl groups is 1. The zero-order valence-electron chi connectivity index (χ0n) is 12.6. The quantitative estimate of drug-likeness (QED) is 0.895. The van der Waals surface area contributed by atoms with E-state index in [1.54, 1.807) is 18.2 Å². The van der Waals surface area contributed by atoms with E-state index in [0.29, 0.717) is 12.1 Å². The summed E-state index contributed by atoms with van der Waals surface area (Å²) in [6, 6.07) is 5.85. The van der Waals surface area contributed by atoms with Crippen LogP contribution in [0.1, 0.15) is 48.0 Å². The van der Waals surface area contributed by atoms with Crippen molar-refractivity contribution in [3.05, 3.63) is 29.3 Å². The van der Waals surface area contributed by atoms with Gasteiger partial charge in [0.15, 0.2) is 0 Å². The first-order valence-corrected chi connectivity index (χ1v) is 7.99. The van der Waals surface area contributed by atoms with Crippen LogP contribution in [0.3, 0.4) is 0 Å². The predicted octanol–water partition coefficient (Wildman–Crippen LogP) is 2.45. The molecule has 1 heterocycles. The molecule has 21 heavy (non-hydrogen) atoms. The lowest BCUT2D eigenvalue weighted by Crippen LogP contribution is -2.46. The number of nitrogens with one attached hydrogen (secondary N) is 1. The molecule has 1 atom stereocenters. The Kier molecular flexibility index (Phi) is 4.15. The number of benzene rings is 1. The molecule has 1 amide bonds. The summed E-state index contributed by atoms with van der Waals surface area (Å²) in [6.45, 7) is 3.76. The molecule has 4 nitrogen and oxygen atoms in total. The first kappa shape index (κ1) is 14.4. The average Bonchev–Trinajstić information content (AvgIpc) is 3.30. The zero-order valence-corrected chi connectivity index (χ0v) is 12.6. The first-order valence-electron chi connectivity index (χ1n) is 7.99. The van der Waals surface area contributed by atoms with Crippen molar-refractivity contribution in [3.63, 3.8) is 0 Å². The maximum Gasteiger partial charge on any atom is 0.254 e. The molecule has 2 N–H and O–H groups in total. The highest BCUT2D eigenvalue weighted by atomic mass is 16.3. The fraction of sp³-hybridized carbons (Fsp3) is 0.588. The fourth-order valence-corrected chi connectivity index (χ4v) is 3.14. The van der Waals surface area contributed by atoms with Gasteiger partial charge in [-0.2, -0.15) is 0 Å². The Morgan fingerprint density at radius 3 is 2.76 bits per heavy atom. The second-order valence-corrected chi connectivity index (χ2v) is 6.33. The maximum absolute atomic E-state index is 12.8. The SMILES string of the molecule is Cc1cc(O)ccc1C(=O)N(CC1CCCCN1)C1CC1. The maximum atomic E-state index is 12.8. The van der Waals surface area contributed by atoms with E-state index >= 15 is 0 Å². The lowest BCUT2D eigenvalue weighted by Gasteiger charge is -2.31. The van der Waals surface area contributed by atoms with Crippen LogP contribution in [-0.2, 0) is 0 Å². The number of nitrogens with zero attached hydrogens (tertiary/aromatic N) is 1. The predicted molar refractivity (Wildman–Crippen MR) is 82.5 cm³/mol. The second-order valence-electron chi connectivity index (χ2n) is 6.33. The van der Waals surface area contributed by atoms with E-state index in [2.05, 4.69) is 5.32 Å². The highest BCUT2D eigenvalue weighted by Crippen LogP contribution is 2.30. The molecule has 3 rings (SSSR count). The number of piperidine rings is 1. The van der Waals surface area contributed by atoms with Crippen LogP contribution in [0.5, 0.6) is 5.75 Å². The summed E-state index contributed by atoms with van der Waals surface area (Å²) in [5, 5.41) is 13.0. The average molecular weight is 288 g/mol. The van der Waals surface area contributed by atoms with E-state index < -0.39 is 0 Å². The second kappa shape index (κ2) is 6.06. The van der Waals surface area contributed by atoms with Gasteiger partial charge in [0.1, 0.15) is 5.75 Å². The van der Waals surface area contributed by atoms with Crippen LogP contribution in [0, 0.1) is 6.92 Å². The molecule has 2 aliphatic rings. The minimum atomic E-state index is 0.113.